The Morgan fingerprint density at radius 3 is 2.57 bits per heavy atom. The number of rotatable bonds is 6. The number of ether oxygens (including phenoxy) is 1. The topological polar surface area (TPSA) is 141 Å². The predicted molar refractivity (Wildman–Crippen MR) is 118 cm³/mol. The van der Waals surface area contributed by atoms with Crippen LogP contribution in [-0.4, -0.2) is 52.0 Å². The van der Waals surface area contributed by atoms with E-state index in [4.69, 9.17) is 4.74 Å². The van der Waals surface area contributed by atoms with Crippen LogP contribution in [0.4, 0.5) is 0 Å². The van der Waals surface area contributed by atoms with Gasteiger partial charge in [0.05, 0.1) is 12.5 Å². The van der Waals surface area contributed by atoms with Crippen LogP contribution >= 0.6 is 0 Å². The summed E-state index contributed by atoms with van der Waals surface area (Å²) < 4.78 is 4.95. The molecule has 4 aliphatic carbocycles. The molecule has 8 unspecified atom stereocenters. The van der Waals surface area contributed by atoms with Crippen molar-refractivity contribution < 1.29 is 68.8 Å². The molecule has 4 aliphatic rings. The average Bonchev–Trinajstić information content (AvgIpc) is 3.03. The van der Waals surface area contributed by atoms with Crippen molar-refractivity contribution in [2.75, 3.05) is 6.61 Å². The number of carbonyl (C=O) groups excluding carboxylic acids is 4. The van der Waals surface area contributed by atoms with E-state index >= 15 is 0 Å². The third-order valence-corrected chi connectivity index (χ3v) is 9.33. The molecule has 9 heteroatoms. The first-order chi connectivity index (χ1) is 15.8. The first-order valence-corrected chi connectivity index (χ1v) is 12.1. The van der Waals surface area contributed by atoms with Crippen LogP contribution in [0.15, 0.2) is 23.8 Å². The van der Waals surface area contributed by atoms with E-state index in [9.17, 15) is 34.5 Å². The number of carboxylic acid groups (broad SMARTS) is 1. The second-order valence-electron chi connectivity index (χ2n) is 11.1. The third-order valence-electron chi connectivity index (χ3n) is 9.33. The number of aliphatic hydroxyl groups is 2. The van der Waals surface area contributed by atoms with Crippen molar-refractivity contribution >= 4 is 23.5 Å². The Morgan fingerprint density at radius 1 is 1.23 bits per heavy atom. The summed E-state index contributed by atoms with van der Waals surface area (Å²) in [5.74, 6) is -2.85. The van der Waals surface area contributed by atoms with Gasteiger partial charge in [-0.2, -0.15) is 0 Å². The van der Waals surface area contributed by atoms with Gasteiger partial charge in [0.1, 0.15) is 5.60 Å². The van der Waals surface area contributed by atoms with Crippen molar-refractivity contribution in [3.63, 3.8) is 0 Å². The molecule has 3 saturated carbocycles. The largest absolute Gasteiger partial charge is 1.00 e. The molecule has 35 heavy (non-hydrogen) atoms. The van der Waals surface area contributed by atoms with Gasteiger partial charge in [0.25, 0.3) is 0 Å². The van der Waals surface area contributed by atoms with Gasteiger partial charge in [0.2, 0.25) is 5.78 Å². The number of aliphatic carboxylic acids is 1. The number of fused-ring (bicyclic) bond motifs is 5. The number of esters is 1. The fourth-order valence-electron chi connectivity index (χ4n) is 7.75. The third kappa shape index (κ3) is 4.50. The van der Waals surface area contributed by atoms with Crippen LogP contribution in [0.3, 0.4) is 0 Å². The van der Waals surface area contributed by atoms with Gasteiger partial charge in [-0.1, -0.05) is 32.4 Å². The van der Waals surface area contributed by atoms with Gasteiger partial charge in [0.15, 0.2) is 12.4 Å². The summed E-state index contributed by atoms with van der Waals surface area (Å²) >= 11 is 0. The van der Waals surface area contributed by atoms with E-state index in [1.165, 1.54) is 0 Å². The Kier molecular flexibility index (Phi) is 7.96. The molecule has 0 spiro atoms. The van der Waals surface area contributed by atoms with Gasteiger partial charge < -0.3 is 24.9 Å². The van der Waals surface area contributed by atoms with Gasteiger partial charge in [-0.05, 0) is 62.0 Å². The minimum Gasteiger partial charge on any atom is -0.550 e. The Morgan fingerprint density at radius 2 is 1.91 bits per heavy atom. The molecule has 186 valence electrons. The molecular weight excluding hydrogens is 463 g/mol. The van der Waals surface area contributed by atoms with Crippen molar-refractivity contribution in [1.82, 2.24) is 0 Å². The fraction of sp³-hybridized carbons (Fsp3) is 0.692. The number of allylic oxidation sites excluding steroid dienone is 4. The predicted octanol–water partition coefficient (Wildman–Crippen LogP) is -2.11. The molecule has 2 N–H and O–H groups in total. The minimum atomic E-state index is -1.75. The van der Waals surface area contributed by atoms with Crippen LogP contribution in [0.1, 0.15) is 59.3 Å². The molecule has 8 nitrogen and oxygen atoms in total. The van der Waals surface area contributed by atoms with Crippen LogP contribution < -0.4 is 34.7 Å². The first-order valence-electron chi connectivity index (χ1n) is 12.1. The van der Waals surface area contributed by atoms with Crippen LogP contribution in [0.2, 0.25) is 0 Å². The summed E-state index contributed by atoms with van der Waals surface area (Å²) in [4.78, 5) is 47.5. The number of hydrogen-bond acceptors (Lipinski definition) is 8. The Labute approximate surface area is 227 Å². The minimum absolute atomic E-state index is 0. The molecule has 4 rings (SSSR count). The Hall–Kier alpha value is -1.32. The molecule has 0 aromatic heterocycles. The Balaban J connectivity index is 0.00000342. The molecule has 0 aromatic rings. The molecular formula is C26H33NaO8. The molecule has 3 fully saturated rings. The SMILES string of the molecule is CC1CC2C(C(O)CC3(C)C2CCC3(O)C(=O)COC(=O)CCC(=O)[O-])C2(C)C=CC(=O)C=C12.[Na+]. The van der Waals surface area contributed by atoms with Gasteiger partial charge in [0, 0.05) is 22.7 Å². The summed E-state index contributed by atoms with van der Waals surface area (Å²) in [7, 11) is 0. The fourth-order valence-corrected chi connectivity index (χ4v) is 7.75. The summed E-state index contributed by atoms with van der Waals surface area (Å²) in [6, 6.07) is 0. The second kappa shape index (κ2) is 9.86. The van der Waals surface area contributed by atoms with Crippen LogP contribution in [-0.2, 0) is 23.9 Å². The monoisotopic (exact) mass is 496 g/mol. The second-order valence-corrected chi connectivity index (χ2v) is 11.1. The average molecular weight is 497 g/mol. The van der Waals surface area contributed by atoms with E-state index in [0.717, 1.165) is 12.0 Å². The van der Waals surface area contributed by atoms with Crippen molar-refractivity contribution in [2.45, 2.75) is 71.0 Å². The summed E-state index contributed by atoms with van der Waals surface area (Å²) in [6.45, 7) is 5.36. The van der Waals surface area contributed by atoms with Crippen molar-refractivity contribution in [3.8, 4) is 0 Å². The molecule has 0 aromatic carbocycles. The standard InChI is InChI=1S/C26H34O8.Na/c1-14-10-16-17-7-9-26(33,20(29)13-34-22(32)5-4-21(30)31)25(17,3)12-19(28)23(16)24(2)8-6-15(27)11-18(14)24;/h6,8,11,14,16-17,19,23,28,33H,4-5,7,9-10,12-13H2,1-3H3,(H,30,31);/q;+1/p-1. The van der Waals surface area contributed by atoms with E-state index in [2.05, 4.69) is 13.8 Å². The summed E-state index contributed by atoms with van der Waals surface area (Å²) in [5, 5.41) is 33.6. The number of aliphatic hydroxyl groups excluding tert-OH is 1. The van der Waals surface area contributed by atoms with Crippen molar-refractivity contribution in [1.29, 1.82) is 0 Å². The van der Waals surface area contributed by atoms with E-state index in [0.29, 0.717) is 6.42 Å². The molecule has 0 heterocycles. The number of ketones is 2. The molecule has 0 amide bonds. The summed E-state index contributed by atoms with van der Waals surface area (Å²) in [5.41, 5.74) is -2.07. The molecule has 0 aliphatic heterocycles. The maximum atomic E-state index is 13.1. The maximum absolute atomic E-state index is 13.1. The van der Waals surface area contributed by atoms with Gasteiger partial charge in [-0.25, -0.2) is 0 Å². The van der Waals surface area contributed by atoms with Crippen LogP contribution in [0.25, 0.3) is 0 Å². The van der Waals surface area contributed by atoms with Crippen molar-refractivity contribution in [2.24, 2.45) is 34.5 Å². The molecule has 0 bridgehead atoms. The molecule has 0 radical (unpaired) electrons. The molecule has 8 atom stereocenters. The Bertz CT molecular complexity index is 988. The van der Waals surface area contributed by atoms with E-state index in [1.807, 2.05) is 13.0 Å². The summed E-state index contributed by atoms with van der Waals surface area (Å²) in [6.07, 6.45) is 5.30. The zero-order valence-electron chi connectivity index (χ0n) is 20.9. The van der Waals surface area contributed by atoms with Crippen LogP contribution in [0, 0.1) is 34.5 Å². The van der Waals surface area contributed by atoms with Gasteiger partial charge in [-0.3, -0.25) is 14.4 Å². The van der Waals surface area contributed by atoms with Crippen molar-refractivity contribution in [3.05, 3.63) is 23.8 Å². The zero-order chi connectivity index (χ0) is 25.1. The quantitative estimate of drug-likeness (QED) is 0.314. The number of carbonyl (C=O) groups is 4. The van der Waals surface area contributed by atoms with E-state index in [-0.39, 0.29) is 71.9 Å². The normalized spacial score (nSPS) is 41.6. The molecule has 0 saturated heterocycles. The number of Topliss-reactive ketones (excluding diaryl/α,β-unsaturated/α-hetero) is 1. The van der Waals surface area contributed by atoms with E-state index in [1.54, 1.807) is 12.2 Å². The maximum Gasteiger partial charge on any atom is 1.00 e. The van der Waals surface area contributed by atoms with Gasteiger partial charge >= 0.3 is 35.5 Å². The van der Waals surface area contributed by atoms with E-state index < -0.39 is 59.7 Å². The van der Waals surface area contributed by atoms with Gasteiger partial charge in [-0.15, -0.1) is 0 Å². The zero-order valence-corrected chi connectivity index (χ0v) is 22.9. The first kappa shape index (κ1) is 28.3. The number of carboxylic acids is 1. The smallest absolute Gasteiger partial charge is 0.550 e. The van der Waals surface area contributed by atoms with Crippen LogP contribution in [0.5, 0.6) is 0 Å². The number of hydrogen-bond donors (Lipinski definition) is 2.